The van der Waals surface area contributed by atoms with Crippen molar-refractivity contribution in [3.8, 4) is 5.75 Å². The predicted octanol–water partition coefficient (Wildman–Crippen LogP) is -0.138. The maximum atomic E-state index is 10.5. The second-order valence-corrected chi connectivity index (χ2v) is 2.38. The molecule has 1 rings (SSSR count). The lowest BCUT2D eigenvalue weighted by molar-refractivity contribution is -0.385. The van der Waals surface area contributed by atoms with E-state index in [1.54, 1.807) is 20.0 Å². The Morgan fingerprint density at radius 1 is 1.58 bits per heavy atom. The highest BCUT2D eigenvalue weighted by Gasteiger charge is 2.14. The van der Waals surface area contributed by atoms with Crippen LogP contribution in [0, 0.1) is 10.1 Å². The van der Waals surface area contributed by atoms with Gasteiger partial charge < -0.3 is 4.74 Å². The SMILES string of the molecule is Bc1cccc([N+](=O)[O-])c1OC. The molecule has 0 heterocycles. The Hall–Kier alpha value is -1.52. The van der Waals surface area contributed by atoms with Crippen molar-refractivity contribution >= 4 is 19.0 Å². The zero-order valence-electron chi connectivity index (χ0n) is 6.90. The first kappa shape index (κ1) is 8.58. The van der Waals surface area contributed by atoms with Crippen molar-refractivity contribution in [1.82, 2.24) is 0 Å². The van der Waals surface area contributed by atoms with E-state index in [9.17, 15) is 10.1 Å². The minimum absolute atomic E-state index is 0.0116. The molecule has 0 saturated heterocycles. The van der Waals surface area contributed by atoms with Crippen molar-refractivity contribution in [2.24, 2.45) is 0 Å². The van der Waals surface area contributed by atoms with E-state index in [4.69, 9.17) is 4.74 Å². The average molecular weight is 165 g/mol. The lowest BCUT2D eigenvalue weighted by Crippen LogP contribution is -2.08. The van der Waals surface area contributed by atoms with E-state index in [1.807, 2.05) is 0 Å². The molecule has 0 aliphatic rings. The highest BCUT2D eigenvalue weighted by Crippen LogP contribution is 2.22. The fourth-order valence-electron chi connectivity index (χ4n) is 1.05. The summed E-state index contributed by atoms with van der Waals surface area (Å²) in [6.45, 7) is 0. The lowest BCUT2D eigenvalue weighted by Gasteiger charge is -2.03. The fourth-order valence-corrected chi connectivity index (χ4v) is 1.05. The van der Waals surface area contributed by atoms with Gasteiger partial charge in [0.25, 0.3) is 0 Å². The molecule has 0 saturated carbocycles. The molecule has 0 radical (unpaired) electrons. The maximum absolute atomic E-state index is 10.5. The van der Waals surface area contributed by atoms with E-state index in [1.165, 1.54) is 13.2 Å². The number of hydrogen-bond acceptors (Lipinski definition) is 3. The third-order valence-electron chi connectivity index (χ3n) is 1.59. The Morgan fingerprint density at radius 2 is 2.25 bits per heavy atom. The van der Waals surface area contributed by atoms with Crippen LogP contribution in [-0.4, -0.2) is 19.9 Å². The first-order chi connectivity index (χ1) is 5.66. The van der Waals surface area contributed by atoms with E-state index in [2.05, 4.69) is 0 Å². The molecule has 4 nitrogen and oxygen atoms in total. The van der Waals surface area contributed by atoms with E-state index < -0.39 is 4.92 Å². The number of nitrogens with zero attached hydrogens (tertiary/aromatic N) is 1. The summed E-state index contributed by atoms with van der Waals surface area (Å²) >= 11 is 0. The molecular weight excluding hydrogens is 157 g/mol. The smallest absolute Gasteiger partial charge is 0.310 e. The number of nitro benzene ring substituents is 1. The van der Waals surface area contributed by atoms with Crippen LogP contribution in [0.5, 0.6) is 5.75 Å². The van der Waals surface area contributed by atoms with E-state index in [0.29, 0.717) is 5.75 Å². The highest BCUT2D eigenvalue weighted by atomic mass is 16.6. The van der Waals surface area contributed by atoms with Gasteiger partial charge in [-0.15, -0.1) is 0 Å². The Bertz CT molecular complexity index is 314. The molecule has 0 aliphatic heterocycles. The minimum Gasteiger partial charge on any atom is -0.491 e. The van der Waals surface area contributed by atoms with Gasteiger partial charge in [-0.3, -0.25) is 10.1 Å². The quantitative estimate of drug-likeness (QED) is 0.348. The normalized spacial score (nSPS) is 9.42. The summed E-state index contributed by atoms with van der Waals surface area (Å²) in [6.07, 6.45) is 0. The maximum Gasteiger partial charge on any atom is 0.310 e. The van der Waals surface area contributed by atoms with Crippen LogP contribution in [0.1, 0.15) is 0 Å². The molecule has 0 spiro atoms. The van der Waals surface area contributed by atoms with Crippen molar-refractivity contribution < 1.29 is 9.66 Å². The van der Waals surface area contributed by atoms with Gasteiger partial charge in [-0.2, -0.15) is 0 Å². The number of hydrogen-bond donors (Lipinski definition) is 0. The van der Waals surface area contributed by atoms with Gasteiger partial charge in [0.1, 0.15) is 7.85 Å². The molecule has 12 heavy (non-hydrogen) atoms. The first-order valence-corrected chi connectivity index (χ1v) is 3.45. The third-order valence-corrected chi connectivity index (χ3v) is 1.59. The van der Waals surface area contributed by atoms with Crippen molar-refractivity contribution in [3.63, 3.8) is 0 Å². The van der Waals surface area contributed by atoms with Gasteiger partial charge >= 0.3 is 5.69 Å². The summed E-state index contributed by atoms with van der Waals surface area (Å²) in [5, 5.41) is 10.5. The molecule has 0 N–H and O–H groups in total. The molecule has 1 aromatic carbocycles. The van der Waals surface area contributed by atoms with Crippen LogP contribution in [-0.2, 0) is 0 Å². The standard InChI is InChI=1S/C7H8BNO3/c1-12-7-5(8)3-2-4-6(7)9(10)11/h2-4H,8H2,1H3. The number of methoxy groups -OCH3 is 1. The van der Waals surface area contributed by atoms with E-state index in [0.717, 1.165) is 5.46 Å². The number of rotatable bonds is 2. The molecule has 62 valence electrons. The zero-order chi connectivity index (χ0) is 9.14. The second kappa shape index (κ2) is 3.25. The molecular formula is C7H8BNO3. The van der Waals surface area contributed by atoms with Gasteiger partial charge in [0.15, 0.2) is 5.75 Å². The Labute approximate surface area is 70.7 Å². The van der Waals surface area contributed by atoms with Gasteiger partial charge in [0, 0.05) is 6.07 Å². The summed E-state index contributed by atoms with van der Waals surface area (Å²) in [5.74, 6) is 0.336. The molecule has 0 aromatic heterocycles. The highest BCUT2D eigenvalue weighted by molar-refractivity contribution is 6.34. The van der Waals surface area contributed by atoms with Crippen molar-refractivity contribution in [3.05, 3.63) is 28.3 Å². The average Bonchev–Trinajstić information content (AvgIpc) is 2.03. The molecule has 0 fully saturated rings. The van der Waals surface area contributed by atoms with Gasteiger partial charge in [0.05, 0.1) is 12.0 Å². The largest absolute Gasteiger partial charge is 0.491 e. The van der Waals surface area contributed by atoms with Crippen LogP contribution in [0.25, 0.3) is 0 Å². The van der Waals surface area contributed by atoms with E-state index >= 15 is 0 Å². The Balaban J connectivity index is 3.27. The van der Waals surface area contributed by atoms with Crippen LogP contribution in [0.15, 0.2) is 18.2 Å². The minimum atomic E-state index is -0.453. The Kier molecular flexibility index (Phi) is 2.33. The van der Waals surface area contributed by atoms with Crippen LogP contribution >= 0.6 is 0 Å². The van der Waals surface area contributed by atoms with Crippen molar-refractivity contribution in [1.29, 1.82) is 0 Å². The molecule has 0 aliphatic carbocycles. The summed E-state index contributed by atoms with van der Waals surface area (Å²) in [7, 11) is 3.20. The number of ether oxygens (including phenoxy) is 1. The third kappa shape index (κ3) is 1.39. The summed E-state index contributed by atoms with van der Waals surface area (Å²) in [5.41, 5.74) is 0.782. The molecule has 0 atom stereocenters. The summed E-state index contributed by atoms with van der Waals surface area (Å²) in [4.78, 5) is 10.0. The summed E-state index contributed by atoms with van der Waals surface area (Å²) < 4.78 is 4.90. The van der Waals surface area contributed by atoms with Crippen LogP contribution in [0.2, 0.25) is 0 Å². The molecule has 0 bridgehead atoms. The predicted molar refractivity (Wildman–Crippen MR) is 47.8 cm³/mol. The van der Waals surface area contributed by atoms with Crippen LogP contribution < -0.4 is 10.2 Å². The van der Waals surface area contributed by atoms with E-state index in [-0.39, 0.29) is 5.69 Å². The summed E-state index contributed by atoms with van der Waals surface area (Å²) in [6, 6.07) is 4.83. The van der Waals surface area contributed by atoms with Crippen molar-refractivity contribution in [2.75, 3.05) is 7.11 Å². The van der Waals surface area contributed by atoms with Gasteiger partial charge in [-0.1, -0.05) is 12.1 Å². The van der Waals surface area contributed by atoms with Crippen molar-refractivity contribution in [2.45, 2.75) is 0 Å². The van der Waals surface area contributed by atoms with Gasteiger partial charge in [-0.05, 0) is 5.46 Å². The Morgan fingerprint density at radius 3 is 2.67 bits per heavy atom. The number of para-hydroxylation sites is 1. The number of benzene rings is 1. The molecule has 0 amide bonds. The molecule has 1 aromatic rings. The number of nitro groups is 1. The molecule has 5 heteroatoms. The molecule has 0 unspecified atom stereocenters. The van der Waals surface area contributed by atoms with Crippen LogP contribution in [0.3, 0.4) is 0 Å². The second-order valence-electron chi connectivity index (χ2n) is 2.38. The van der Waals surface area contributed by atoms with Gasteiger partial charge in [-0.25, -0.2) is 0 Å². The topological polar surface area (TPSA) is 52.4 Å². The lowest BCUT2D eigenvalue weighted by atomic mass is 9.94. The zero-order valence-corrected chi connectivity index (χ0v) is 6.90. The first-order valence-electron chi connectivity index (χ1n) is 3.45. The fraction of sp³-hybridized carbons (Fsp3) is 0.143. The van der Waals surface area contributed by atoms with Gasteiger partial charge in [0.2, 0.25) is 0 Å². The van der Waals surface area contributed by atoms with Crippen LogP contribution in [0.4, 0.5) is 5.69 Å². The monoisotopic (exact) mass is 165 g/mol.